The molecule has 148 valence electrons. The topological polar surface area (TPSA) is 66.4 Å². The average Bonchev–Trinajstić information content (AvgIpc) is 2.43. The first-order valence-electron chi connectivity index (χ1n) is 5.64. The van der Waals surface area contributed by atoms with Crippen molar-refractivity contribution in [3.8, 4) is 0 Å². The minimum atomic E-state index is -6.55. The van der Waals surface area contributed by atoms with E-state index < -0.39 is 52.4 Å². The second-order valence-electron chi connectivity index (χ2n) is 4.20. The first-order chi connectivity index (χ1) is 10.5. The summed E-state index contributed by atoms with van der Waals surface area (Å²) in [6.07, 6.45) is -18.1. The highest BCUT2D eigenvalue weighted by atomic mass is 32.2. The Morgan fingerprint density at radius 3 is 1.42 bits per heavy atom. The van der Waals surface area contributed by atoms with Gasteiger partial charge in [0.25, 0.3) is 11.9 Å². The highest BCUT2D eigenvalue weighted by molar-refractivity contribution is 7.86. The molecule has 0 aliphatic heterocycles. The van der Waals surface area contributed by atoms with Crippen molar-refractivity contribution in [2.24, 2.45) is 0 Å². The summed E-state index contributed by atoms with van der Waals surface area (Å²) in [6, 6.07) is 0. The highest BCUT2D eigenvalue weighted by Crippen LogP contribution is 2.45. The van der Waals surface area contributed by atoms with E-state index in [9.17, 15) is 52.3 Å². The van der Waals surface area contributed by atoms with E-state index in [2.05, 4.69) is 5.32 Å². The van der Waals surface area contributed by atoms with Crippen LogP contribution in [-0.4, -0.2) is 69.4 Å². The van der Waals surface area contributed by atoms with E-state index in [4.69, 9.17) is 4.55 Å². The molecule has 24 heavy (non-hydrogen) atoms. The first kappa shape index (κ1) is 25.4. The van der Waals surface area contributed by atoms with Crippen LogP contribution in [0.25, 0.3) is 0 Å². The summed E-state index contributed by atoms with van der Waals surface area (Å²) in [6.45, 7) is 0. The van der Waals surface area contributed by atoms with Crippen molar-refractivity contribution >= 4 is 10.1 Å². The maximum atomic E-state index is 12.9. The van der Waals surface area contributed by atoms with Gasteiger partial charge >= 0.3 is 22.0 Å². The molecular weight excluding hydrogens is 392 g/mol. The van der Waals surface area contributed by atoms with E-state index in [1.54, 1.807) is 0 Å². The lowest BCUT2D eigenvalue weighted by atomic mass is 10.0. The Kier molecular flexibility index (Phi) is 9.56. The van der Waals surface area contributed by atoms with Crippen LogP contribution in [0.3, 0.4) is 0 Å². The molecule has 4 nitrogen and oxygen atoms in total. The molecule has 0 saturated heterocycles. The third-order valence-corrected chi connectivity index (χ3v) is 2.98. The summed E-state index contributed by atoms with van der Waals surface area (Å²) in [4.78, 5) is 0. The van der Waals surface area contributed by atoms with Gasteiger partial charge in [0, 0.05) is 0 Å². The Morgan fingerprint density at radius 2 is 1.17 bits per heavy atom. The Balaban J connectivity index is 0. The molecule has 0 bridgehead atoms. The summed E-state index contributed by atoms with van der Waals surface area (Å²) in [5.41, 5.74) is -5.09. The number of alkyl halides is 10. The fraction of sp³-hybridized carbons (Fsp3) is 1.00. The van der Waals surface area contributed by atoms with E-state index >= 15 is 0 Å². The first-order valence-corrected chi connectivity index (χ1v) is 7.15. The zero-order valence-corrected chi connectivity index (χ0v) is 12.7. The van der Waals surface area contributed by atoms with Crippen LogP contribution in [0.15, 0.2) is 0 Å². The Hall–Kier alpha value is -0.830. The minimum Gasteiger partial charge on any atom is -0.323 e. The second kappa shape index (κ2) is 9.03. The van der Waals surface area contributed by atoms with E-state index in [0.717, 1.165) is 0 Å². The number of rotatable bonds is 7. The monoisotopic (exact) mass is 405 g/mol. The Morgan fingerprint density at radius 1 is 0.833 bits per heavy atom. The fourth-order valence-corrected chi connectivity index (χ4v) is 1.55. The molecule has 0 aliphatic carbocycles. The standard InChI is InChI=1S/C7H6F10O3S.C2H7N/c8-1(2(9)4(11)12)3(10)6(14,15)7(16,17)5(13)21(18,19)20;1-3-2/h1-5H,(H,18,19,20);3H,1-2H3. The fourth-order valence-electron chi connectivity index (χ4n) is 1.02. The smallest absolute Gasteiger partial charge is 0.323 e. The molecule has 0 aromatic rings. The molecule has 0 saturated carbocycles. The van der Waals surface area contributed by atoms with Crippen molar-refractivity contribution in [1.82, 2.24) is 5.32 Å². The highest BCUT2D eigenvalue weighted by Gasteiger charge is 2.72. The van der Waals surface area contributed by atoms with Crippen LogP contribution >= 0.6 is 0 Å². The number of halogens is 10. The Labute approximate surface area is 129 Å². The summed E-state index contributed by atoms with van der Waals surface area (Å²) in [7, 11) is -2.72. The number of hydrogen-bond donors (Lipinski definition) is 2. The van der Waals surface area contributed by atoms with E-state index in [-0.39, 0.29) is 0 Å². The van der Waals surface area contributed by atoms with Gasteiger partial charge in [-0.2, -0.15) is 26.0 Å². The van der Waals surface area contributed by atoms with Crippen LogP contribution < -0.4 is 5.32 Å². The van der Waals surface area contributed by atoms with Crippen molar-refractivity contribution in [2.45, 2.75) is 42.3 Å². The maximum Gasteiger partial charge on any atom is 0.360 e. The zero-order chi connectivity index (χ0) is 20.1. The molecule has 2 N–H and O–H groups in total. The number of hydrogen-bond acceptors (Lipinski definition) is 3. The lowest BCUT2D eigenvalue weighted by molar-refractivity contribution is -0.265. The van der Waals surface area contributed by atoms with Crippen molar-refractivity contribution in [1.29, 1.82) is 0 Å². The van der Waals surface area contributed by atoms with Gasteiger partial charge in [-0.25, -0.2) is 26.3 Å². The SMILES string of the molecule is CNC.O=S(=O)(O)C(F)C(F)(F)C(F)(F)C(F)C(F)C(F)C(F)F. The van der Waals surface area contributed by atoms with Gasteiger partial charge in [0.1, 0.15) is 0 Å². The predicted molar refractivity (Wildman–Crippen MR) is 62.0 cm³/mol. The van der Waals surface area contributed by atoms with Crippen LogP contribution in [0.2, 0.25) is 0 Å². The molecule has 0 radical (unpaired) electrons. The van der Waals surface area contributed by atoms with Gasteiger partial charge in [0.2, 0.25) is 6.17 Å². The lowest BCUT2D eigenvalue weighted by Gasteiger charge is -2.31. The van der Waals surface area contributed by atoms with Gasteiger partial charge in [-0.1, -0.05) is 0 Å². The summed E-state index contributed by atoms with van der Waals surface area (Å²) in [5.74, 6) is -13.1. The van der Waals surface area contributed by atoms with E-state index in [1.807, 2.05) is 14.1 Å². The van der Waals surface area contributed by atoms with Crippen molar-refractivity contribution in [3.63, 3.8) is 0 Å². The third kappa shape index (κ3) is 5.91. The molecule has 0 spiro atoms. The molecule has 0 aromatic carbocycles. The van der Waals surface area contributed by atoms with Crippen LogP contribution in [0.5, 0.6) is 0 Å². The average molecular weight is 405 g/mol. The Bertz CT molecular complexity index is 474. The van der Waals surface area contributed by atoms with E-state index in [0.29, 0.717) is 0 Å². The zero-order valence-electron chi connectivity index (χ0n) is 11.8. The minimum absolute atomic E-state index is 1.88. The summed E-state index contributed by atoms with van der Waals surface area (Å²) >= 11 is 0. The van der Waals surface area contributed by atoms with Crippen LogP contribution in [0.4, 0.5) is 43.9 Å². The molecule has 0 amide bonds. The molecule has 0 heterocycles. The van der Waals surface area contributed by atoms with Gasteiger partial charge in [-0.05, 0) is 14.1 Å². The predicted octanol–water partition coefficient (Wildman–Crippen LogP) is 2.56. The number of nitrogens with one attached hydrogen (secondary N) is 1. The molecule has 0 fully saturated rings. The van der Waals surface area contributed by atoms with Crippen LogP contribution in [0.1, 0.15) is 0 Å². The van der Waals surface area contributed by atoms with Gasteiger partial charge in [0.05, 0.1) is 0 Å². The summed E-state index contributed by atoms with van der Waals surface area (Å²) < 4.78 is 153. The summed E-state index contributed by atoms with van der Waals surface area (Å²) in [5, 5.41) is 2.75. The van der Waals surface area contributed by atoms with Gasteiger partial charge in [-0.15, -0.1) is 0 Å². The molecule has 4 atom stereocenters. The van der Waals surface area contributed by atoms with Crippen molar-refractivity contribution < 1.29 is 56.9 Å². The molecule has 15 heteroatoms. The largest absolute Gasteiger partial charge is 0.360 e. The van der Waals surface area contributed by atoms with Gasteiger partial charge in [0.15, 0.2) is 12.3 Å². The maximum absolute atomic E-state index is 12.9. The van der Waals surface area contributed by atoms with Crippen LogP contribution in [0, 0.1) is 0 Å². The molecule has 4 unspecified atom stereocenters. The third-order valence-electron chi connectivity index (χ3n) is 2.16. The normalized spacial score (nSPS) is 18.4. The van der Waals surface area contributed by atoms with E-state index in [1.165, 1.54) is 0 Å². The van der Waals surface area contributed by atoms with Gasteiger partial charge < -0.3 is 5.32 Å². The van der Waals surface area contributed by atoms with Gasteiger partial charge in [-0.3, -0.25) is 4.55 Å². The molecular formula is C9H13F10NO3S. The molecule has 0 aliphatic rings. The quantitative estimate of drug-likeness (QED) is 0.505. The lowest BCUT2D eigenvalue weighted by Crippen LogP contribution is -2.59. The van der Waals surface area contributed by atoms with Crippen molar-refractivity contribution in [3.05, 3.63) is 0 Å². The molecule has 0 aromatic heterocycles. The molecule has 0 rings (SSSR count). The second-order valence-corrected chi connectivity index (χ2v) is 5.65. The van der Waals surface area contributed by atoms with Crippen LogP contribution in [-0.2, 0) is 10.1 Å². The van der Waals surface area contributed by atoms with Crippen molar-refractivity contribution in [2.75, 3.05) is 14.1 Å².